The highest BCUT2D eigenvalue weighted by molar-refractivity contribution is 4.99. The van der Waals surface area contributed by atoms with E-state index in [4.69, 9.17) is 4.74 Å². The Hall–Kier alpha value is -0.870. The van der Waals surface area contributed by atoms with Crippen LogP contribution in [0, 0.1) is 0 Å². The van der Waals surface area contributed by atoms with Crippen LogP contribution in [0.1, 0.15) is 45.2 Å². The topological polar surface area (TPSA) is 39.1 Å². The first-order chi connectivity index (χ1) is 8.67. The molecule has 2 rings (SSSR count). The summed E-state index contributed by atoms with van der Waals surface area (Å²) in [5.74, 6) is 0. The zero-order valence-electron chi connectivity index (χ0n) is 11.8. The SMILES string of the molecule is CCC1(CC)CC(NCc2ccn(C)n2)CCO1. The molecule has 102 valence electrons. The molecule has 0 saturated carbocycles. The average molecular weight is 251 g/mol. The molecule has 0 spiro atoms. The van der Waals surface area contributed by atoms with E-state index >= 15 is 0 Å². The van der Waals surface area contributed by atoms with Crippen molar-refractivity contribution in [3.63, 3.8) is 0 Å². The van der Waals surface area contributed by atoms with Crippen LogP contribution in [0.3, 0.4) is 0 Å². The minimum Gasteiger partial charge on any atom is -0.375 e. The van der Waals surface area contributed by atoms with Gasteiger partial charge in [-0.2, -0.15) is 5.10 Å². The summed E-state index contributed by atoms with van der Waals surface area (Å²) in [6.45, 7) is 6.19. The molecule has 0 radical (unpaired) electrons. The lowest BCUT2D eigenvalue weighted by Gasteiger charge is -2.40. The smallest absolute Gasteiger partial charge is 0.0762 e. The summed E-state index contributed by atoms with van der Waals surface area (Å²) in [5.41, 5.74) is 1.21. The number of hydrogen-bond acceptors (Lipinski definition) is 3. The van der Waals surface area contributed by atoms with E-state index in [1.807, 2.05) is 17.9 Å². The van der Waals surface area contributed by atoms with Crippen LogP contribution in [0.25, 0.3) is 0 Å². The molecule has 1 fully saturated rings. The molecule has 0 bridgehead atoms. The summed E-state index contributed by atoms with van der Waals surface area (Å²) in [6, 6.07) is 2.62. The van der Waals surface area contributed by atoms with Gasteiger partial charge in [0.25, 0.3) is 0 Å². The van der Waals surface area contributed by atoms with Gasteiger partial charge in [0.15, 0.2) is 0 Å². The van der Waals surface area contributed by atoms with Gasteiger partial charge in [0.2, 0.25) is 0 Å². The molecular weight excluding hydrogens is 226 g/mol. The molecule has 0 amide bonds. The number of rotatable bonds is 5. The fourth-order valence-corrected chi connectivity index (χ4v) is 2.75. The highest BCUT2D eigenvalue weighted by Crippen LogP contribution is 2.31. The minimum atomic E-state index is 0.0973. The highest BCUT2D eigenvalue weighted by Gasteiger charge is 2.34. The lowest BCUT2D eigenvalue weighted by molar-refractivity contribution is -0.0932. The predicted molar refractivity (Wildman–Crippen MR) is 72.3 cm³/mol. The second-order valence-corrected chi connectivity index (χ2v) is 5.29. The second kappa shape index (κ2) is 5.85. The van der Waals surface area contributed by atoms with Gasteiger partial charge in [-0.1, -0.05) is 13.8 Å². The molecule has 0 aromatic carbocycles. The Morgan fingerprint density at radius 3 is 2.89 bits per heavy atom. The third-order valence-electron chi connectivity index (χ3n) is 4.12. The van der Waals surface area contributed by atoms with Crippen molar-refractivity contribution >= 4 is 0 Å². The molecule has 1 unspecified atom stereocenters. The Bertz CT molecular complexity index is 371. The van der Waals surface area contributed by atoms with Crippen LogP contribution in [-0.2, 0) is 18.3 Å². The van der Waals surface area contributed by atoms with Gasteiger partial charge in [0, 0.05) is 32.4 Å². The fourth-order valence-electron chi connectivity index (χ4n) is 2.75. The number of aromatic nitrogens is 2. The number of ether oxygens (including phenoxy) is 1. The maximum absolute atomic E-state index is 5.99. The summed E-state index contributed by atoms with van der Waals surface area (Å²) in [6.07, 6.45) is 6.42. The second-order valence-electron chi connectivity index (χ2n) is 5.29. The van der Waals surface area contributed by atoms with E-state index in [1.165, 1.54) is 0 Å². The molecule has 2 heterocycles. The lowest BCUT2D eigenvalue weighted by atomic mass is 9.86. The zero-order valence-corrected chi connectivity index (χ0v) is 11.8. The first-order valence-electron chi connectivity index (χ1n) is 7.03. The average Bonchev–Trinajstić information content (AvgIpc) is 2.82. The Morgan fingerprint density at radius 2 is 2.28 bits per heavy atom. The first-order valence-corrected chi connectivity index (χ1v) is 7.03. The van der Waals surface area contributed by atoms with Gasteiger partial charge in [0.05, 0.1) is 11.3 Å². The number of aryl methyl sites for hydroxylation is 1. The molecule has 1 aliphatic rings. The summed E-state index contributed by atoms with van der Waals surface area (Å²) in [7, 11) is 1.96. The lowest BCUT2D eigenvalue weighted by Crippen LogP contribution is -2.46. The Kier molecular flexibility index (Phi) is 4.40. The van der Waals surface area contributed by atoms with Gasteiger partial charge in [-0.25, -0.2) is 0 Å². The van der Waals surface area contributed by atoms with Crippen molar-refractivity contribution in [1.82, 2.24) is 15.1 Å². The molecule has 4 nitrogen and oxygen atoms in total. The Morgan fingerprint density at radius 1 is 1.50 bits per heavy atom. The van der Waals surface area contributed by atoms with Crippen molar-refractivity contribution in [1.29, 1.82) is 0 Å². The Balaban J connectivity index is 1.86. The standard InChI is InChI=1S/C14H25N3O/c1-4-14(5-2)10-12(7-9-18-14)15-11-13-6-8-17(3)16-13/h6,8,12,15H,4-5,7,9-11H2,1-3H3. The van der Waals surface area contributed by atoms with E-state index in [1.54, 1.807) is 0 Å². The van der Waals surface area contributed by atoms with E-state index in [0.717, 1.165) is 44.5 Å². The molecule has 1 atom stereocenters. The fraction of sp³-hybridized carbons (Fsp3) is 0.786. The first kappa shape index (κ1) is 13.6. The maximum Gasteiger partial charge on any atom is 0.0762 e. The van der Waals surface area contributed by atoms with E-state index in [2.05, 4.69) is 30.3 Å². The van der Waals surface area contributed by atoms with Crippen LogP contribution in [0.2, 0.25) is 0 Å². The maximum atomic E-state index is 5.99. The van der Waals surface area contributed by atoms with Gasteiger partial charge < -0.3 is 10.1 Å². The molecule has 1 aromatic heterocycles. The molecule has 0 aliphatic carbocycles. The van der Waals surface area contributed by atoms with E-state index in [9.17, 15) is 0 Å². The summed E-state index contributed by atoms with van der Waals surface area (Å²) >= 11 is 0. The van der Waals surface area contributed by atoms with E-state index < -0.39 is 0 Å². The largest absolute Gasteiger partial charge is 0.375 e. The molecule has 1 N–H and O–H groups in total. The van der Waals surface area contributed by atoms with Crippen molar-refractivity contribution in [3.05, 3.63) is 18.0 Å². The number of nitrogens with zero attached hydrogens (tertiary/aromatic N) is 2. The third kappa shape index (κ3) is 3.12. The molecule has 1 aromatic rings. The molecule has 18 heavy (non-hydrogen) atoms. The summed E-state index contributed by atoms with van der Waals surface area (Å²) in [4.78, 5) is 0. The molecular formula is C14H25N3O. The van der Waals surface area contributed by atoms with Crippen LogP contribution >= 0.6 is 0 Å². The van der Waals surface area contributed by atoms with Crippen molar-refractivity contribution < 1.29 is 4.74 Å². The normalized spacial score (nSPS) is 23.2. The van der Waals surface area contributed by atoms with Gasteiger partial charge >= 0.3 is 0 Å². The molecule has 1 saturated heterocycles. The highest BCUT2D eigenvalue weighted by atomic mass is 16.5. The summed E-state index contributed by atoms with van der Waals surface area (Å²) in [5, 5.41) is 8.01. The summed E-state index contributed by atoms with van der Waals surface area (Å²) < 4.78 is 7.84. The number of nitrogens with one attached hydrogen (secondary N) is 1. The van der Waals surface area contributed by atoms with E-state index in [-0.39, 0.29) is 5.60 Å². The van der Waals surface area contributed by atoms with Crippen LogP contribution in [-0.4, -0.2) is 28.0 Å². The van der Waals surface area contributed by atoms with E-state index in [0.29, 0.717) is 6.04 Å². The van der Waals surface area contributed by atoms with Crippen LogP contribution in [0.15, 0.2) is 12.3 Å². The Labute approximate surface area is 110 Å². The third-order valence-corrected chi connectivity index (χ3v) is 4.12. The monoisotopic (exact) mass is 251 g/mol. The molecule has 4 heteroatoms. The quantitative estimate of drug-likeness (QED) is 0.872. The van der Waals surface area contributed by atoms with Gasteiger partial charge in [0.1, 0.15) is 0 Å². The van der Waals surface area contributed by atoms with Crippen molar-refractivity contribution in [2.24, 2.45) is 7.05 Å². The van der Waals surface area contributed by atoms with Crippen molar-refractivity contribution in [3.8, 4) is 0 Å². The van der Waals surface area contributed by atoms with Crippen molar-refractivity contribution in [2.45, 2.75) is 57.7 Å². The van der Waals surface area contributed by atoms with Crippen LogP contribution in [0.4, 0.5) is 0 Å². The van der Waals surface area contributed by atoms with Gasteiger partial charge in [-0.15, -0.1) is 0 Å². The zero-order chi connectivity index (χ0) is 13.0. The van der Waals surface area contributed by atoms with Gasteiger partial charge in [-0.3, -0.25) is 4.68 Å². The minimum absolute atomic E-state index is 0.0973. The molecule has 1 aliphatic heterocycles. The number of hydrogen-bond donors (Lipinski definition) is 1. The van der Waals surface area contributed by atoms with Crippen LogP contribution < -0.4 is 5.32 Å². The predicted octanol–water partition coefficient (Wildman–Crippen LogP) is 2.25. The van der Waals surface area contributed by atoms with Gasteiger partial charge in [-0.05, 0) is 31.7 Å². The van der Waals surface area contributed by atoms with Crippen LogP contribution in [0.5, 0.6) is 0 Å². The van der Waals surface area contributed by atoms with Crippen molar-refractivity contribution in [2.75, 3.05) is 6.61 Å².